The van der Waals surface area contributed by atoms with Crippen molar-refractivity contribution in [3.05, 3.63) is 0 Å². The number of hydrogen-bond acceptors (Lipinski definition) is 2. The number of nitrogens with one attached hydrogen (secondary N) is 1. The summed E-state index contributed by atoms with van der Waals surface area (Å²) in [6, 6.07) is 0. The molecule has 0 aliphatic heterocycles. The van der Waals surface area contributed by atoms with Crippen LogP contribution in [0.25, 0.3) is 0 Å². The number of nitrogens with zero attached hydrogens (tertiary/aromatic N) is 1. The van der Waals surface area contributed by atoms with Gasteiger partial charge in [-0.2, -0.15) is 0 Å². The van der Waals surface area contributed by atoms with Gasteiger partial charge in [-0.1, -0.05) is 0 Å². The van der Waals surface area contributed by atoms with Crippen LogP contribution in [0.2, 0.25) is 0 Å². The van der Waals surface area contributed by atoms with Gasteiger partial charge in [0.1, 0.15) is 0 Å². The molecule has 0 saturated heterocycles. The molecule has 0 aromatic carbocycles. The van der Waals surface area contributed by atoms with E-state index in [4.69, 9.17) is 5.53 Å². The maximum atomic E-state index is 9.22. The van der Waals surface area contributed by atoms with Gasteiger partial charge in [-0.15, -0.1) is 5.11 Å². The molecule has 4 heteroatoms. The standard InChI is InChI=1S/CHClN2O/c2-1(5)4-3/h3H. The molecule has 0 aliphatic carbocycles. The highest BCUT2D eigenvalue weighted by Crippen LogP contribution is 1.79. The molecule has 0 saturated carbocycles. The SMILES string of the molecule is N=NC(=O)Cl. The third kappa shape index (κ3) is 3.56. The van der Waals surface area contributed by atoms with E-state index >= 15 is 0 Å². The average Bonchev–Trinajstić information content (AvgIpc) is 1.38. The smallest absolute Gasteiger partial charge is 0.251 e. The van der Waals surface area contributed by atoms with Crippen molar-refractivity contribution in [1.29, 1.82) is 5.53 Å². The summed E-state index contributed by atoms with van der Waals surface area (Å²) in [6.45, 7) is 0. The zero-order chi connectivity index (χ0) is 4.28. The lowest BCUT2D eigenvalue weighted by Gasteiger charge is -1.57. The van der Waals surface area contributed by atoms with E-state index in [1.54, 1.807) is 0 Å². The van der Waals surface area contributed by atoms with Crippen LogP contribution in [0.1, 0.15) is 0 Å². The number of hydrogen-bond donors (Lipinski definition) is 1. The van der Waals surface area contributed by atoms with Gasteiger partial charge in [0.15, 0.2) is 0 Å². The molecule has 0 heterocycles. The first kappa shape index (κ1) is 4.56. The second-order valence-corrected chi connectivity index (χ2v) is 0.688. The van der Waals surface area contributed by atoms with Crippen molar-refractivity contribution in [1.82, 2.24) is 0 Å². The van der Waals surface area contributed by atoms with Gasteiger partial charge in [-0.25, -0.2) is 5.53 Å². The summed E-state index contributed by atoms with van der Waals surface area (Å²) in [7, 11) is 0. The van der Waals surface area contributed by atoms with Crippen molar-refractivity contribution < 1.29 is 4.79 Å². The molecule has 5 heavy (non-hydrogen) atoms. The van der Waals surface area contributed by atoms with Crippen LogP contribution in [0.3, 0.4) is 0 Å². The Hall–Kier alpha value is -0.440. The molecule has 0 atom stereocenters. The highest BCUT2D eigenvalue weighted by molar-refractivity contribution is 6.63. The van der Waals surface area contributed by atoms with E-state index in [0.717, 1.165) is 0 Å². The van der Waals surface area contributed by atoms with Crippen LogP contribution in [0, 0.1) is 5.53 Å². The van der Waals surface area contributed by atoms with Gasteiger partial charge in [0.25, 0.3) is 0 Å². The normalized spacial score (nSPS) is 6.60. The van der Waals surface area contributed by atoms with Gasteiger partial charge in [-0.05, 0) is 11.6 Å². The van der Waals surface area contributed by atoms with Crippen molar-refractivity contribution in [3.63, 3.8) is 0 Å². The molecule has 0 fully saturated rings. The summed E-state index contributed by atoms with van der Waals surface area (Å²) >= 11 is 4.47. The summed E-state index contributed by atoms with van der Waals surface area (Å²) in [4.78, 5) is 9.22. The Labute approximate surface area is 33.4 Å². The zero-order valence-corrected chi connectivity index (χ0v) is 2.99. The summed E-state index contributed by atoms with van der Waals surface area (Å²) < 4.78 is 0. The molecule has 0 aliphatic rings. The number of carbonyl (C=O) groups is 1. The Morgan fingerprint density at radius 3 is 2.20 bits per heavy atom. The second kappa shape index (κ2) is 1.84. The Bertz CT molecular complexity index is 60.7. The fraction of sp³-hybridized carbons (Fsp3) is 0. The maximum Gasteiger partial charge on any atom is 0.357 e. The van der Waals surface area contributed by atoms with Crippen LogP contribution in [-0.4, -0.2) is 5.37 Å². The fourth-order valence-electron chi connectivity index (χ4n) is 0. The fourth-order valence-corrected chi connectivity index (χ4v) is 0. The molecule has 0 rings (SSSR count). The summed E-state index contributed by atoms with van der Waals surface area (Å²) in [5.41, 5.74) is 5.80. The number of amides is 1. The Morgan fingerprint density at radius 1 is 2.00 bits per heavy atom. The third-order valence-electron chi connectivity index (χ3n) is 0.0879. The third-order valence-corrected chi connectivity index (χ3v) is 0.172. The van der Waals surface area contributed by atoms with Crippen molar-refractivity contribution >= 4 is 17.0 Å². The number of carbonyl (C=O) groups excluding carboxylic acids is 1. The zero-order valence-electron chi connectivity index (χ0n) is 2.23. The lowest BCUT2D eigenvalue weighted by molar-refractivity contribution is 0.265. The van der Waals surface area contributed by atoms with Gasteiger partial charge in [0.05, 0.1) is 0 Å². The topological polar surface area (TPSA) is 53.3 Å². The minimum Gasteiger partial charge on any atom is -0.251 e. The molecule has 28 valence electrons. The molecule has 0 aromatic rings. The summed E-state index contributed by atoms with van der Waals surface area (Å²) in [6.07, 6.45) is 0. The highest BCUT2D eigenvalue weighted by Gasteiger charge is 1.78. The lowest BCUT2D eigenvalue weighted by Crippen LogP contribution is -1.61. The molecule has 1 N–H and O–H groups in total. The highest BCUT2D eigenvalue weighted by atomic mass is 35.5. The Kier molecular flexibility index (Phi) is 1.68. The molecule has 1 amide bonds. The van der Waals surface area contributed by atoms with Crippen molar-refractivity contribution in [2.45, 2.75) is 0 Å². The Balaban J connectivity index is 3.20. The van der Waals surface area contributed by atoms with Crippen LogP contribution in [0.15, 0.2) is 5.11 Å². The predicted octanol–water partition coefficient (Wildman–Crippen LogP) is 1.38. The van der Waals surface area contributed by atoms with Gasteiger partial charge < -0.3 is 0 Å². The monoisotopic (exact) mass is 92.0 g/mol. The first-order valence-electron chi connectivity index (χ1n) is 0.840. The van der Waals surface area contributed by atoms with Gasteiger partial charge in [0.2, 0.25) is 0 Å². The molecule has 0 aromatic heterocycles. The molecule has 0 unspecified atom stereocenters. The van der Waals surface area contributed by atoms with Crippen molar-refractivity contribution in [3.8, 4) is 0 Å². The Morgan fingerprint density at radius 2 is 2.20 bits per heavy atom. The van der Waals surface area contributed by atoms with Crippen LogP contribution >= 0.6 is 11.6 Å². The number of rotatable bonds is 0. The van der Waals surface area contributed by atoms with E-state index in [2.05, 4.69) is 16.7 Å². The second-order valence-electron chi connectivity index (χ2n) is 0.365. The molecular weight excluding hydrogens is 91.5 g/mol. The van der Waals surface area contributed by atoms with E-state index in [1.165, 1.54) is 0 Å². The summed E-state index contributed by atoms with van der Waals surface area (Å²) in [5.74, 6) is 0. The minimum atomic E-state index is -0.981. The largest absolute Gasteiger partial charge is 0.357 e. The lowest BCUT2D eigenvalue weighted by atomic mass is 11.4. The maximum absolute atomic E-state index is 9.22. The van der Waals surface area contributed by atoms with Crippen LogP contribution in [0.4, 0.5) is 4.79 Å². The van der Waals surface area contributed by atoms with E-state index < -0.39 is 5.37 Å². The van der Waals surface area contributed by atoms with E-state index in [9.17, 15) is 4.79 Å². The average molecular weight is 92.5 g/mol. The van der Waals surface area contributed by atoms with Gasteiger partial charge in [0, 0.05) is 0 Å². The number of halogens is 1. The molecular formula is CHClN2O. The molecule has 0 radical (unpaired) electrons. The van der Waals surface area contributed by atoms with Crippen LogP contribution in [0.5, 0.6) is 0 Å². The van der Waals surface area contributed by atoms with Gasteiger partial charge in [-0.3, -0.25) is 4.79 Å². The first-order valence-corrected chi connectivity index (χ1v) is 1.22. The van der Waals surface area contributed by atoms with Gasteiger partial charge >= 0.3 is 5.37 Å². The van der Waals surface area contributed by atoms with E-state index in [1.807, 2.05) is 0 Å². The van der Waals surface area contributed by atoms with Crippen molar-refractivity contribution in [2.75, 3.05) is 0 Å². The van der Waals surface area contributed by atoms with Crippen molar-refractivity contribution in [2.24, 2.45) is 5.11 Å². The quantitative estimate of drug-likeness (QED) is 0.274. The first-order chi connectivity index (χ1) is 2.27. The van der Waals surface area contributed by atoms with E-state index in [0.29, 0.717) is 0 Å². The minimum absolute atomic E-state index is 0.981. The molecule has 3 nitrogen and oxygen atoms in total. The van der Waals surface area contributed by atoms with Crippen LogP contribution in [-0.2, 0) is 0 Å². The van der Waals surface area contributed by atoms with Crippen LogP contribution < -0.4 is 0 Å². The predicted molar refractivity (Wildman–Crippen MR) is 16.4 cm³/mol. The summed E-state index contributed by atoms with van der Waals surface area (Å²) in [5, 5.41) is 1.28. The molecule has 0 spiro atoms. The van der Waals surface area contributed by atoms with E-state index in [-0.39, 0.29) is 0 Å². The molecule has 0 bridgehead atoms.